The highest BCUT2D eigenvalue weighted by Gasteiger charge is 2.41. The maximum atomic E-state index is 12.9. The van der Waals surface area contributed by atoms with Crippen molar-refractivity contribution in [2.24, 2.45) is 10.9 Å². The van der Waals surface area contributed by atoms with Crippen LogP contribution < -0.4 is 10.3 Å². The second-order valence-corrected chi connectivity index (χ2v) is 6.46. The standard InChI is InChI=1S/C21H18N4O4/c1-12-17(21(27)29-9-3-7-22)18(19-15(25-12)6-8-24-20(19)26)14-5-4-13(11-23)10-16(14)28-2/h4-6,8,10,17-18H,3,9H2,1-2H3,(H,24,26). The van der Waals surface area contributed by atoms with Crippen LogP contribution >= 0.6 is 0 Å². The first-order valence-electron chi connectivity index (χ1n) is 8.90. The van der Waals surface area contributed by atoms with Crippen LogP contribution in [0.25, 0.3) is 0 Å². The molecule has 1 aromatic heterocycles. The minimum atomic E-state index is -0.869. The number of nitrogens with zero attached hydrogens (tertiary/aromatic N) is 3. The topological polar surface area (TPSA) is 128 Å². The van der Waals surface area contributed by atoms with Crippen molar-refractivity contribution in [3.63, 3.8) is 0 Å². The molecule has 0 bridgehead atoms. The number of methoxy groups -OCH3 is 1. The maximum Gasteiger partial charge on any atom is 0.315 e. The molecule has 1 aliphatic rings. The smallest absolute Gasteiger partial charge is 0.315 e. The van der Waals surface area contributed by atoms with E-state index >= 15 is 0 Å². The van der Waals surface area contributed by atoms with Crippen LogP contribution in [0.2, 0.25) is 0 Å². The Balaban J connectivity index is 2.20. The first-order valence-corrected chi connectivity index (χ1v) is 8.90. The first-order chi connectivity index (χ1) is 14.0. The van der Waals surface area contributed by atoms with Crippen molar-refractivity contribution in [2.75, 3.05) is 13.7 Å². The number of carbonyl (C=O) groups excluding carboxylic acids is 1. The molecule has 1 aliphatic heterocycles. The van der Waals surface area contributed by atoms with Crippen molar-refractivity contribution in [2.45, 2.75) is 19.3 Å². The highest BCUT2D eigenvalue weighted by Crippen LogP contribution is 2.44. The van der Waals surface area contributed by atoms with E-state index in [0.29, 0.717) is 33.8 Å². The van der Waals surface area contributed by atoms with Gasteiger partial charge in [-0.25, -0.2) is 0 Å². The lowest BCUT2D eigenvalue weighted by atomic mass is 9.76. The van der Waals surface area contributed by atoms with Gasteiger partial charge in [-0.2, -0.15) is 10.5 Å². The third-order valence-corrected chi connectivity index (χ3v) is 4.78. The molecule has 2 atom stereocenters. The van der Waals surface area contributed by atoms with Gasteiger partial charge in [-0.15, -0.1) is 0 Å². The van der Waals surface area contributed by atoms with Crippen molar-refractivity contribution in [3.05, 3.63) is 57.5 Å². The van der Waals surface area contributed by atoms with Gasteiger partial charge in [0.1, 0.15) is 18.3 Å². The van der Waals surface area contributed by atoms with Crippen LogP contribution in [0.5, 0.6) is 5.75 Å². The van der Waals surface area contributed by atoms with Crippen LogP contribution in [-0.2, 0) is 9.53 Å². The second-order valence-electron chi connectivity index (χ2n) is 6.46. The van der Waals surface area contributed by atoms with Gasteiger partial charge < -0.3 is 14.5 Å². The molecule has 2 unspecified atom stereocenters. The fraction of sp³-hybridized carbons (Fsp3) is 0.286. The largest absolute Gasteiger partial charge is 0.496 e. The first kappa shape index (κ1) is 19.8. The van der Waals surface area contributed by atoms with Gasteiger partial charge >= 0.3 is 5.97 Å². The van der Waals surface area contributed by atoms with Gasteiger partial charge in [0.25, 0.3) is 5.56 Å². The Morgan fingerprint density at radius 1 is 1.31 bits per heavy atom. The number of fused-ring (bicyclic) bond motifs is 1. The summed E-state index contributed by atoms with van der Waals surface area (Å²) in [6.45, 7) is 1.65. The SMILES string of the molecule is COc1cc(C#N)ccc1C1c2c(cc[nH]c2=O)N=C(C)C1C(=O)OCCC#N. The lowest BCUT2D eigenvalue weighted by Gasteiger charge is -2.31. The molecule has 1 aromatic carbocycles. The van der Waals surface area contributed by atoms with E-state index in [1.165, 1.54) is 13.3 Å². The van der Waals surface area contributed by atoms with Crippen LogP contribution in [0, 0.1) is 28.6 Å². The van der Waals surface area contributed by atoms with Gasteiger partial charge in [-0.3, -0.25) is 14.6 Å². The van der Waals surface area contributed by atoms with Crippen LogP contribution in [0.4, 0.5) is 5.69 Å². The minimum absolute atomic E-state index is 0.0473. The number of ether oxygens (including phenoxy) is 2. The lowest BCUT2D eigenvalue weighted by Crippen LogP contribution is -2.36. The molecule has 0 saturated carbocycles. The van der Waals surface area contributed by atoms with Crippen LogP contribution in [-0.4, -0.2) is 30.4 Å². The highest BCUT2D eigenvalue weighted by atomic mass is 16.5. The quantitative estimate of drug-likeness (QED) is 0.617. The van der Waals surface area contributed by atoms with E-state index in [4.69, 9.17) is 14.7 Å². The molecule has 0 fully saturated rings. The van der Waals surface area contributed by atoms with Gasteiger partial charge in [0.05, 0.1) is 42.5 Å². The number of pyridine rings is 1. The van der Waals surface area contributed by atoms with Crippen LogP contribution in [0.3, 0.4) is 0 Å². The van der Waals surface area contributed by atoms with E-state index < -0.39 is 17.8 Å². The Bertz CT molecular complexity index is 1120. The van der Waals surface area contributed by atoms with E-state index in [1.54, 1.807) is 31.2 Å². The fourth-order valence-corrected chi connectivity index (χ4v) is 3.51. The van der Waals surface area contributed by atoms with Crippen LogP contribution in [0.15, 0.2) is 40.2 Å². The van der Waals surface area contributed by atoms with Gasteiger partial charge in [0.2, 0.25) is 0 Å². The fourth-order valence-electron chi connectivity index (χ4n) is 3.51. The molecule has 3 rings (SSSR count). The lowest BCUT2D eigenvalue weighted by molar-refractivity contribution is -0.146. The molecule has 0 radical (unpaired) electrons. The third-order valence-electron chi connectivity index (χ3n) is 4.78. The summed E-state index contributed by atoms with van der Waals surface area (Å²) < 4.78 is 10.7. The summed E-state index contributed by atoms with van der Waals surface area (Å²) in [4.78, 5) is 32.7. The van der Waals surface area contributed by atoms with Crippen molar-refractivity contribution in [1.29, 1.82) is 10.5 Å². The summed E-state index contributed by atoms with van der Waals surface area (Å²) >= 11 is 0. The molecular weight excluding hydrogens is 372 g/mol. The number of esters is 1. The Hall–Kier alpha value is -3.91. The minimum Gasteiger partial charge on any atom is -0.496 e. The van der Waals surface area contributed by atoms with Gasteiger partial charge in [0, 0.05) is 23.4 Å². The molecule has 0 spiro atoms. The number of aromatic nitrogens is 1. The van der Waals surface area contributed by atoms with Crippen molar-refractivity contribution in [3.8, 4) is 17.9 Å². The Labute approximate surface area is 167 Å². The second kappa shape index (κ2) is 8.41. The molecule has 2 aromatic rings. The number of aliphatic imine (C=N–C) groups is 1. The van der Waals surface area contributed by atoms with E-state index in [2.05, 4.69) is 9.98 Å². The molecule has 1 N–H and O–H groups in total. The monoisotopic (exact) mass is 390 g/mol. The van der Waals surface area contributed by atoms with E-state index in [-0.39, 0.29) is 18.6 Å². The molecule has 0 amide bonds. The van der Waals surface area contributed by atoms with Crippen molar-refractivity contribution < 1.29 is 14.3 Å². The molecular formula is C21H18N4O4. The number of nitrogens with one attached hydrogen (secondary N) is 1. The number of rotatable bonds is 5. The summed E-state index contributed by atoms with van der Waals surface area (Å²) in [5.74, 6) is -1.78. The average Bonchev–Trinajstić information content (AvgIpc) is 2.72. The van der Waals surface area contributed by atoms with E-state index in [9.17, 15) is 14.9 Å². The summed E-state index contributed by atoms with van der Waals surface area (Å²) in [5, 5.41) is 17.9. The summed E-state index contributed by atoms with van der Waals surface area (Å²) in [5.41, 5.74) is 1.86. The zero-order chi connectivity index (χ0) is 21.0. The van der Waals surface area contributed by atoms with Crippen LogP contribution in [0.1, 0.15) is 36.0 Å². The van der Waals surface area contributed by atoms with E-state index in [1.807, 2.05) is 12.1 Å². The Kier molecular flexibility index (Phi) is 5.75. The number of nitriles is 2. The number of benzene rings is 1. The summed E-state index contributed by atoms with van der Waals surface area (Å²) in [7, 11) is 1.46. The molecule has 29 heavy (non-hydrogen) atoms. The predicted octanol–water partition coefficient (Wildman–Crippen LogP) is 2.57. The van der Waals surface area contributed by atoms with Gasteiger partial charge in [0.15, 0.2) is 0 Å². The number of hydrogen-bond acceptors (Lipinski definition) is 7. The molecule has 0 aliphatic carbocycles. The molecule has 8 heteroatoms. The Morgan fingerprint density at radius 2 is 2.10 bits per heavy atom. The summed E-state index contributed by atoms with van der Waals surface area (Å²) in [6, 6.07) is 10.5. The zero-order valence-corrected chi connectivity index (χ0v) is 15.9. The van der Waals surface area contributed by atoms with Crippen molar-refractivity contribution in [1.82, 2.24) is 4.98 Å². The molecule has 8 nitrogen and oxygen atoms in total. The Morgan fingerprint density at radius 3 is 2.79 bits per heavy atom. The van der Waals surface area contributed by atoms with Gasteiger partial charge in [-0.05, 0) is 25.1 Å². The normalized spacial score (nSPS) is 17.3. The third kappa shape index (κ3) is 3.74. The summed E-state index contributed by atoms with van der Waals surface area (Å²) in [6.07, 6.45) is 1.56. The van der Waals surface area contributed by atoms with Gasteiger partial charge in [-0.1, -0.05) is 6.07 Å². The molecule has 146 valence electrons. The highest BCUT2D eigenvalue weighted by molar-refractivity contribution is 6.05. The average molecular weight is 390 g/mol. The zero-order valence-electron chi connectivity index (χ0n) is 15.9. The number of hydrogen-bond donors (Lipinski definition) is 1. The predicted molar refractivity (Wildman–Crippen MR) is 104 cm³/mol. The van der Waals surface area contributed by atoms with E-state index in [0.717, 1.165) is 0 Å². The maximum absolute atomic E-state index is 12.9. The number of aromatic amines is 1. The van der Waals surface area contributed by atoms with Crippen molar-refractivity contribution >= 4 is 17.4 Å². The number of carbonyl (C=O) groups is 1. The molecule has 2 heterocycles. The molecule has 0 saturated heterocycles. The number of H-pyrrole nitrogens is 1.